The Kier molecular flexibility index (Phi) is 5.25. The average molecular weight is 286 g/mol. The molecule has 0 fully saturated rings. The first-order chi connectivity index (χ1) is 9.74. The molecule has 0 aromatic heterocycles. The van der Waals surface area contributed by atoms with Crippen LogP contribution in [0.1, 0.15) is 19.3 Å². The van der Waals surface area contributed by atoms with Crippen LogP contribution in [0.5, 0.6) is 0 Å². The van der Waals surface area contributed by atoms with Gasteiger partial charge in [-0.25, -0.2) is 0 Å². The van der Waals surface area contributed by atoms with Crippen LogP contribution < -0.4 is 15.9 Å². The summed E-state index contributed by atoms with van der Waals surface area (Å²) < 4.78 is 0. The number of hydrogen-bond acceptors (Lipinski definition) is 3. The molecular formula is C16H18N2OS. The molecule has 0 aliphatic carbocycles. The minimum absolute atomic E-state index is 0.0964. The third-order valence-corrected chi connectivity index (χ3v) is 4.17. The number of carbonyl (C=O) groups is 1. The highest BCUT2D eigenvalue weighted by atomic mass is 32.2. The van der Waals surface area contributed by atoms with E-state index < -0.39 is 0 Å². The van der Waals surface area contributed by atoms with E-state index in [9.17, 15) is 4.79 Å². The third kappa shape index (κ3) is 3.64. The highest BCUT2D eigenvalue weighted by Gasteiger charge is 2.08. The van der Waals surface area contributed by atoms with E-state index >= 15 is 0 Å². The molecule has 0 unspecified atom stereocenters. The summed E-state index contributed by atoms with van der Waals surface area (Å²) in [6, 6.07) is 6.29. The Bertz CT molecular complexity index is 658. The van der Waals surface area contributed by atoms with Crippen molar-refractivity contribution in [3.05, 3.63) is 28.8 Å². The van der Waals surface area contributed by atoms with Gasteiger partial charge in [-0.05, 0) is 36.6 Å². The zero-order valence-electron chi connectivity index (χ0n) is 11.6. The smallest absolute Gasteiger partial charge is 0.219 e. The van der Waals surface area contributed by atoms with Gasteiger partial charge in [0.2, 0.25) is 5.91 Å². The highest BCUT2D eigenvalue weighted by molar-refractivity contribution is 7.99. The summed E-state index contributed by atoms with van der Waals surface area (Å²) >= 11 is 1.67. The van der Waals surface area contributed by atoms with Crippen molar-refractivity contribution >= 4 is 23.2 Å². The lowest BCUT2D eigenvalue weighted by atomic mass is 10.1. The van der Waals surface area contributed by atoms with Crippen LogP contribution in [0.4, 0.5) is 0 Å². The van der Waals surface area contributed by atoms with Gasteiger partial charge in [0.15, 0.2) is 0 Å². The van der Waals surface area contributed by atoms with Crippen molar-refractivity contribution in [3.63, 3.8) is 0 Å². The number of terminal acetylenes is 1. The van der Waals surface area contributed by atoms with Gasteiger partial charge in [-0.1, -0.05) is 5.92 Å². The largest absolute Gasteiger partial charge is 0.359 e. The molecular weight excluding hydrogens is 268 g/mol. The maximum atomic E-state index is 11.2. The molecule has 4 heteroatoms. The summed E-state index contributed by atoms with van der Waals surface area (Å²) in [5.41, 5.74) is 1.33. The molecule has 0 saturated heterocycles. The fourth-order valence-corrected chi connectivity index (χ4v) is 2.83. The van der Waals surface area contributed by atoms with E-state index in [-0.39, 0.29) is 5.91 Å². The molecule has 0 spiro atoms. The summed E-state index contributed by atoms with van der Waals surface area (Å²) in [4.78, 5) is 17.0. The van der Waals surface area contributed by atoms with E-state index in [1.807, 2.05) is 0 Å². The molecule has 2 rings (SSSR count). The van der Waals surface area contributed by atoms with Crippen molar-refractivity contribution < 1.29 is 4.79 Å². The van der Waals surface area contributed by atoms with Crippen molar-refractivity contribution in [1.82, 2.24) is 5.32 Å². The van der Waals surface area contributed by atoms with Crippen LogP contribution in [-0.2, 0) is 4.79 Å². The van der Waals surface area contributed by atoms with Gasteiger partial charge in [0.25, 0.3) is 0 Å². The van der Waals surface area contributed by atoms with Crippen molar-refractivity contribution in [3.8, 4) is 12.3 Å². The van der Waals surface area contributed by atoms with Crippen molar-refractivity contribution in [2.75, 3.05) is 19.3 Å². The van der Waals surface area contributed by atoms with Gasteiger partial charge in [-0.15, -0.1) is 18.2 Å². The topological polar surface area (TPSA) is 41.5 Å². The van der Waals surface area contributed by atoms with E-state index in [1.165, 1.54) is 15.7 Å². The number of amides is 1. The molecule has 3 nitrogen and oxygen atoms in total. The average Bonchev–Trinajstić information content (AvgIpc) is 2.87. The molecule has 104 valence electrons. The number of benzene rings is 1. The monoisotopic (exact) mass is 286 g/mol. The second-order valence-electron chi connectivity index (χ2n) is 4.62. The quantitative estimate of drug-likeness (QED) is 0.629. The predicted octanol–water partition coefficient (Wildman–Crippen LogP) is 1.11. The summed E-state index contributed by atoms with van der Waals surface area (Å²) in [5.74, 6) is 3.42. The van der Waals surface area contributed by atoms with E-state index in [0.717, 1.165) is 24.7 Å². The Morgan fingerprint density at radius 1 is 1.55 bits per heavy atom. The number of nitrogens with zero attached hydrogens (tertiary/aromatic N) is 1. The van der Waals surface area contributed by atoms with Gasteiger partial charge in [0.05, 0.1) is 17.7 Å². The SMILES string of the molecule is C#CCSc1ccc2c(c1)=C(CCCC(=O)NC)CN=2. The second kappa shape index (κ2) is 7.16. The van der Waals surface area contributed by atoms with Crippen LogP contribution in [0.25, 0.3) is 5.57 Å². The maximum Gasteiger partial charge on any atom is 0.219 e. The number of thioether (sulfide) groups is 1. The molecule has 1 aromatic carbocycles. The minimum atomic E-state index is 0.0964. The molecule has 0 atom stereocenters. The zero-order valence-corrected chi connectivity index (χ0v) is 12.4. The molecule has 0 radical (unpaired) electrons. The third-order valence-electron chi connectivity index (χ3n) is 3.27. The van der Waals surface area contributed by atoms with Crippen LogP contribution in [0.15, 0.2) is 28.1 Å². The van der Waals surface area contributed by atoms with Crippen LogP contribution in [0.2, 0.25) is 0 Å². The number of rotatable bonds is 6. The molecule has 0 bridgehead atoms. The normalized spacial score (nSPS) is 12.5. The van der Waals surface area contributed by atoms with Crippen molar-refractivity contribution in [2.45, 2.75) is 24.2 Å². The molecule has 0 saturated carbocycles. The van der Waals surface area contributed by atoms with E-state index in [1.54, 1.807) is 18.8 Å². The molecule has 20 heavy (non-hydrogen) atoms. The lowest BCUT2D eigenvalue weighted by Crippen LogP contribution is -2.23. The molecule has 1 aliphatic heterocycles. The number of hydrogen-bond donors (Lipinski definition) is 1. The van der Waals surface area contributed by atoms with Gasteiger partial charge in [0, 0.05) is 23.6 Å². The van der Waals surface area contributed by atoms with E-state index in [2.05, 4.69) is 34.4 Å². The molecule has 1 heterocycles. The first-order valence-corrected chi connectivity index (χ1v) is 7.66. The molecule has 1 aromatic rings. The Morgan fingerprint density at radius 3 is 3.15 bits per heavy atom. The van der Waals surface area contributed by atoms with Crippen molar-refractivity contribution in [1.29, 1.82) is 0 Å². The minimum Gasteiger partial charge on any atom is -0.359 e. The lowest BCUT2D eigenvalue weighted by Gasteiger charge is -2.02. The first kappa shape index (κ1) is 14.7. The fraction of sp³-hybridized carbons (Fsp3) is 0.375. The second-order valence-corrected chi connectivity index (χ2v) is 5.67. The van der Waals surface area contributed by atoms with Gasteiger partial charge in [-0.2, -0.15) is 0 Å². The maximum absolute atomic E-state index is 11.2. The van der Waals surface area contributed by atoms with Crippen LogP contribution in [0.3, 0.4) is 0 Å². The van der Waals surface area contributed by atoms with Gasteiger partial charge < -0.3 is 5.32 Å². The van der Waals surface area contributed by atoms with Gasteiger partial charge in [-0.3, -0.25) is 9.79 Å². The first-order valence-electron chi connectivity index (χ1n) is 6.68. The van der Waals surface area contributed by atoms with Gasteiger partial charge >= 0.3 is 0 Å². The fourth-order valence-electron chi connectivity index (χ4n) is 2.22. The highest BCUT2D eigenvalue weighted by Crippen LogP contribution is 2.15. The summed E-state index contributed by atoms with van der Waals surface area (Å²) in [5, 5.41) is 4.93. The lowest BCUT2D eigenvalue weighted by molar-refractivity contribution is -0.120. The van der Waals surface area contributed by atoms with E-state index in [4.69, 9.17) is 6.42 Å². The summed E-state index contributed by atoms with van der Waals surface area (Å²) in [7, 11) is 1.67. The summed E-state index contributed by atoms with van der Waals surface area (Å²) in [6.45, 7) is 0.756. The number of nitrogens with one attached hydrogen (secondary N) is 1. The predicted molar refractivity (Wildman–Crippen MR) is 83.0 cm³/mol. The number of carbonyl (C=O) groups excluding carboxylic acids is 1. The Balaban J connectivity index is 2.11. The Labute approximate surface area is 123 Å². The van der Waals surface area contributed by atoms with Crippen LogP contribution in [0, 0.1) is 12.3 Å². The molecule has 1 N–H and O–H groups in total. The standard InChI is InChI=1S/C16H18N2OS/c1-3-9-20-13-7-8-15-14(10-13)12(11-18-15)5-4-6-16(19)17-2/h1,7-8,10H,4-6,9,11H2,2H3,(H,17,19). The van der Waals surface area contributed by atoms with Crippen LogP contribution >= 0.6 is 11.8 Å². The Morgan fingerprint density at radius 2 is 2.40 bits per heavy atom. The van der Waals surface area contributed by atoms with E-state index in [0.29, 0.717) is 12.2 Å². The Hall–Kier alpha value is -1.73. The molecule has 1 aliphatic rings. The molecule has 1 amide bonds. The zero-order chi connectivity index (χ0) is 14.4. The van der Waals surface area contributed by atoms with Gasteiger partial charge in [0.1, 0.15) is 0 Å². The summed E-state index contributed by atoms with van der Waals surface area (Å²) in [6.07, 6.45) is 7.65. The van der Waals surface area contributed by atoms with Crippen molar-refractivity contribution in [2.24, 2.45) is 4.99 Å². The number of fused-ring (bicyclic) bond motifs is 1. The van der Waals surface area contributed by atoms with Crippen LogP contribution in [-0.4, -0.2) is 25.3 Å².